The maximum absolute atomic E-state index is 14.6. The number of amides is 2. The number of carbonyl (C=O) groups excluding carboxylic acids is 2. The molecule has 1 aliphatic rings. The summed E-state index contributed by atoms with van der Waals surface area (Å²) in [5, 5.41) is 14.5. The van der Waals surface area contributed by atoms with Crippen LogP contribution in [-0.4, -0.2) is 48.7 Å². The summed E-state index contributed by atoms with van der Waals surface area (Å²) in [6.45, 7) is 1.38. The molecule has 2 amide bonds. The predicted molar refractivity (Wildman–Crippen MR) is 180 cm³/mol. The van der Waals surface area contributed by atoms with Crippen molar-refractivity contribution < 1.29 is 22.9 Å². The summed E-state index contributed by atoms with van der Waals surface area (Å²) >= 11 is 0. The van der Waals surface area contributed by atoms with Crippen molar-refractivity contribution in [3.63, 3.8) is 0 Å². The van der Waals surface area contributed by atoms with E-state index in [1.54, 1.807) is 18.2 Å². The molecule has 244 valence electrons. The SMILES string of the molecule is Cc1ccc(CN(C(=O)CN(c2ccc([N+](=O)[O-])cc2)S(=O)(=O)c2ccccc2)C(Cc2ccccc2)C(=O)NC2CCCC2)cc1. The Hall–Kier alpha value is -5.03. The quantitative estimate of drug-likeness (QED) is 0.143. The molecule has 0 aromatic heterocycles. The molecule has 10 nitrogen and oxygen atoms in total. The number of rotatable bonds is 13. The predicted octanol–water partition coefficient (Wildman–Crippen LogP) is 5.80. The van der Waals surface area contributed by atoms with Gasteiger partial charge in [-0.1, -0.05) is 91.2 Å². The molecule has 47 heavy (non-hydrogen) atoms. The molecule has 1 unspecified atom stereocenters. The Kier molecular flexibility index (Phi) is 10.7. The van der Waals surface area contributed by atoms with Gasteiger partial charge in [-0.2, -0.15) is 0 Å². The zero-order chi connectivity index (χ0) is 33.4. The Balaban J connectivity index is 1.56. The van der Waals surface area contributed by atoms with E-state index in [4.69, 9.17) is 0 Å². The number of non-ortho nitro benzene ring substituents is 1. The van der Waals surface area contributed by atoms with Crippen LogP contribution in [0.15, 0.2) is 114 Å². The number of nitrogens with one attached hydrogen (secondary N) is 1. The van der Waals surface area contributed by atoms with E-state index in [1.807, 2.05) is 61.5 Å². The molecule has 1 aliphatic carbocycles. The third-order valence-corrected chi connectivity index (χ3v) is 10.2. The minimum Gasteiger partial charge on any atom is -0.352 e. The van der Waals surface area contributed by atoms with Crippen LogP contribution in [0, 0.1) is 17.0 Å². The number of benzene rings is 4. The number of nitrogens with zero attached hydrogens (tertiary/aromatic N) is 3. The van der Waals surface area contributed by atoms with Gasteiger partial charge in [0.25, 0.3) is 15.7 Å². The van der Waals surface area contributed by atoms with E-state index < -0.39 is 33.4 Å². The van der Waals surface area contributed by atoms with Crippen molar-refractivity contribution >= 4 is 33.2 Å². The first kappa shape index (κ1) is 33.3. The van der Waals surface area contributed by atoms with Gasteiger partial charge in [0, 0.05) is 31.1 Å². The summed E-state index contributed by atoms with van der Waals surface area (Å²) in [6.07, 6.45) is 3.97. The van der Waals surface area contributed by atoms with Crippen molar-refractivity contribution in [3.05, 3.63) is 136 Å². The fourth-order valence-electron chi connectivity index (χ4n) is 5.80. The molecule has 11 heteroatoms. The van der Waals surface area contributed by atoms with E-state index in [2.05, 4.69) is 5.32 Å². The van der Waals surface area contributed by atoms with E-state index in [0.717, 1.165) is 46.7 Å². The highest BCUT2D eigenvalue weighted by Crippen LogP contribution is 2.27. The molecule has 1 N–H and O–H groups in total. The lowest BCUT2D eigenvalue weighted by molar-refractivity contribution is -0.384. The average molecular weight is 655 g/mol. The Morgan fingerprint density at radius 3 is 2.04 bits per heavy atom. The van der Waals surface area contributed by atoms with Crippen molar-refractivity contribution in [2.24, 2.45) is 0 Å². The van der Waals surface area contributed by atoms with Crippen LogP contribution in [0.1, 0.15) is 42.4 Å². The van der Waals surface area contributed by atoms with E-state index in [0.29, 0.717) is 0 Å². The topological polar surface area (TPSA) is 130 Å². The molecule has 5 rings (SSSR count). The van der Waals surface area contributed by atoms with Gasteiger partial charge >= 0.3 is 0 Å². The number of anilines is 1. The molecule has 0 heterocycles. The Morgan fingerprint density at radius 2 is 1.45 bits per heavy atom. The normalized spacial score (nSPS) is 13.9. The number of sulfonamides is 1. The lowest BCUT2D eigenvalue weighted by atomic mass is 10.0. The Morgan fingerprint density at radius 1 is 0.851 bits per heavy atom. The van der Waals surface area contributed by atoms with Gasteiger partial charge in [-0.05, 0) is 55.2 Å². The summed E-state index contributed by atoms with van der Waals surface area (Å²) < 4.78 is 29.1. The Bertz CT molecular complexity index is 1780. The zero-order valence-electron chi connectivity index (χ0n) is 26.2. The van der Waals surface area contributed by atoms with E-state index >= 15 is 0 Å². The first-order chi connectivity index (χ1) is 22.6. The second-order valence-corrected chi connectivity index (χ2v) is 13.7. The third kappa shape index (κ3) is 8.42. The Labute approximate surface area is 275 Å². The van der Waals surface area contributed by atoms with Crippen molar-refractivity contribution in [3.8, 4) is 0 Å². The highest BCUT2D eigenvalue weighted by molar-refractivity contribution is 7.92. The summed E-state index contributed by atoms with van der Waals surface area (Å²) in [7, 11) is -4.30. The van der Waals surface area contributed by atoms with Gasteiger partial charge in [0.15, 0.2) is 0 Å². The summed E-state index contributed by atoms with van der Waals surface area (Å²) in [5.74, 6) is -0.889. The van der Waals surface area contributed by atoms with Gasteiger partial charge in [0.05, 0.1) is 15.5 Å². The number of carbonyl (C=O) groups is 2. The van der Waals surface area contributed by atoms with Crippen LogP contribution in [0.4, 0.5) is 11.4 Å². The van der Waals surface area contributed by atoms with Gasteiger partial charge < -0.3 is 10.2 Å². The van der Waals surface area contributed by atoms with Crippen molar-refractivity contribution in [2.45, 2.75) is 62.6 Å². The molecule has 0 aliphatic heterocycles. The van der Waals surface area contributed by atoms with E-state index in [1.165, 1.54) is 41.3 Å². The first-order valence-corrected chi connectivity index (χ1v) is 17.1. The van der Waals surface area contributed by atoms with Crippen molar-refractivity contribution in [1.29, 1.82) is 0 Å². The smallest absolute Gasteiger partial charge is 0.269 e. The molecule has 0 bridgehead atoms. The molecule has 0 radical (unpaired) electrons. The minimum atomic E-state index is -4.30. The monoisotopic (exact) mass is 654 g/mol. The molecule has 0 spiro atoms. The molecular weight excluding hydrogens is 616 g/mol. The lowest BCUT2D eigenvalue weighted by Crippen LogP contribution is -2.54. The number of hydrogen-bond donors (Lipinski definition) is 1. The molecule has 4 aromatic carbocycles. The third-order valence-electron chi connectivity index (χ3n) is 8.40. The maximum atomic E-state index is 14.6. The number of aryl methyl sites for hydroxylation is 1. The molecule has 1 fully saturated rings. The fraction of sp³-hybridized carbons (Fsp3) is 0.278. The van der Waals surface area contributed by atoms with Gasteiger partial charge in [-0.15, -0.1) is 0 Å². The van der Waals surface area contributed by atoms with Crippen LogP contribution in [0.5, 0.6) is 0 Å². The standard InChI is InChI=1S/C36H38N4O6S/c1-27-16-18-29(19-17-27)25-38(34(24-28-10-4-2-5-11-28)36(42)37-30-12-8-9-13-30)35(41)26-39(31-20-22-32(23-21-31)40(43)44)47(45,46)33-14-6-3-7-15-33/h2-7,10-11,14-23,30,34H,8-9,12-13,24-26H2,1H3,(H,37,42). The average Bonchev–Trinajstić information content (AvgIpc) is 3.60. The van der Waals surface area contributed by atoms with Crippen LogP contribution < -0.4 is 9.62 Å². The second kappa shape index (κ2) is 15.0. The number of nitro benzene ring substituents is 1. The maximum Gasteiger partial charge on any atom is 0.269 e. The van der Waals surface area contributed by atoms with Crippen LogP contribution >= 0.6 is 0 Å². The van der Waals surface area contributed by atoms with Crippen LogP contribution in [-0.2, 0) is 32.6 Å². The van der Waals surface area contributed by atoms with Crippen molar-refractivity contribution in [2.75, 3.05) is 10.8 Å². The van der Waals surface area contributed by atoms with E-state index in [-0.39, 0.29) is 41.2 Å². The highest BCUT2D eigenvalue weighted by atomic mass is 32.2. The molecule has 0 saturated heterocycles. The fourth-order valence-corrected chi connectivity index (χ4v) is 7.24. The molecule has 4 aromatic rings. The van der Waals surface area contributed by atoms with Crippen LogP contribution in [0.25, 0.3) is 0 Å². The van der Waals surface area contributed by atoms with Gasteiger partial charge in [-0.3, -0.25) is 24.0 Å². The summed E-state index contributed by atoms with van der Waals surface area (Å²) in [6, 6.07) is 28.8. The second-order valence-electron chi connectivity index (χ2n) is 11.8. The lowest BCUT2D eigenvalue weighted by Gasteiger charge is -2.34. The van der Waals surface area contributed by atoms with E-state index in [9.17, 15) is 28.1 Å². The summed E-state index contributed by atoms with van der Waals surface area (Å²) in [4.78, 5) is 40.8. The molecule has 1 saturated carbocycles. The van der Waals surface area contributed by atoms with Crippen LogP contribution in [0.3, 0.4) is 0 Å². The van der Waals surface area contributed by atoms with Crippen LogP contribution in [0.2, 0.25) is 0 Å². The van der Waals surface area contributed by atoms with Crippen molar-refractivity contribution in [1.82, 2.24) is 10.2 Å². The van der Waals surface area contributed by atoms with Gasteiger partial charge in [0.2, 0.25) is 11.8 Å². The summed E-state index contributed by atoms with van der Waals surface area (Å²) in [5.41, 5.74) is 2.53. The first-order valence-electron chi connectivity index (χ1n) is 15.6. The number of nitro groups is 1. The largest absolute Gasteiger partial charge is 0.352 e. The number of hydrogen-bond acceptors (Lipinski definition) is 6. The molecule has 1 atom stereocenters. The minimum absolute atomic E-state index is 0.00664. The molecular formula is C36H38N4O6S. The highest BCUT2D eigenvalue weighted by Gasteiger charge is 2.35. The van der Waals surface area contributed by atoms with Gasteiger partial charge in [-0.25, -0.2) is 8.42 Å². The zero-order valence-corrected chi connectivity index (χ0v) is 27.0. The van der Waals surface area contributed by atoms with Gasteiger partial charge in [0.1, 0.15) is 12.6 Å².